The van der Waals surface area contributed by atoms with Crippen LogP contribution in [0.1, 0.15) is 17.0 Å². The Morgan fingerprint density at radius 1 is 1.64 bits per heavy atom. The van der Waals surface area contributed by atoms with E-state index in [2.05, 4.69) is 16.5 Å². The van der Waals surface area contributed by atoms with Crippen LogP contribution in [0, 0.1) is 6.26 Å². The van der Waals surface area contributed by atoms with Gasteiger partial charge in [0.2, 0.25) is 0 Å². The van der Waals surface area contributed by atoms with Gasteiger partial charge in [0, 0.05) is 6.54 Å². The number of hydrogen-bond acceptors (Lipinski definition) is 3. The van der Waals surface area contributed by atoms with E-state index in [1.54, 1.807) is 12.1 Å². The first-order valence-corrected chi connectivity index (χ1v) is 4.59. The van der Waals surface area contributed by atoms with Crippen LogP contribution in [0.25, 0.3) is 0 Å². The third kappa shape index (κ3) is 3.62. The van der Waals surface area contributed by atoms with E-state index in [0.717, 1.165) is 13.0 Å². The van der Waals surface area contributed by atoms with Crippen molar-refractivity contribution in [3.05, 3.63) is 24.2 Å². The van der Waals surface area contributed by atoms with Gasteiger partial charge in [0.15, 0.2) is 12.0 Å². The Labute approximate surface area is 83.9 Å². The van der Waals surface area contributed by atoms with Crippen molar-refractivity contribution in [1.29, 1.82) is 0 Å². The minimum absolute atomic E-state index is 0.176. The number of nitrogens with zero attached hydrogens (tertiary/aromatic N) is 1. The number of amides is 1. The number of furan rings is 1. The molecule has 0 aliphatic carbocycles. The van der Waals surface area contributed by atoms with E-state index in [0.29, 0.717) is 12.3 Å². The molecule has 1 aromatic rings. The van der Waals surface area contributed by atoms with Crippen molar-refractivity contribution in [1.82, 2.24) is 10.2 Å². The Bertz CT molecular complexity index is 268. The molecular formula is C10H15N2O2. The SMILES string of the molecule is CN(C)CCCNC(=O)c1cc[c]o1. The van der Waals surface area contributed by atoms with Crippen LogP contribution in [0.3, 0.4) is 0 Å². The number of nitrogens with one attached hydrogen (secondary N) is 1. The molecule has 1 N–H and O–H groups in total. The van der Waals surface area contributed by atoms with E-state index in [4.69, 9.17) is 4.42 Å². The average Bonchev–Trinajstić information content (AvgIpc) is 2.64. The Kier molecular flexibility index (Phi) is 4.19. The van der Waals surface area contributed by atoms with Crippen LogP contribution >= 0.6 is 0 Å². The lowest BCUT2D eigenvalue weighted by atomic mass is 10.3. The van der Waals surface area contributed by atoms with Crippen LogP contribution in [-0.2, 0) is 0 Å². The summed E-state index contributed by atoms with van der Waals surface area (Å²) >= 11 is 0. The fourth-order valence-electron chi connectivity index (χ4n) is 1.05. The number of carbonyl (C=O) groups excluding carboxylic acids is 1. The van der Waals surface area contributed by atoms with Gasteiger partial charge in [-0.1, -0.05) is 0 Å². The predicted molar refractivity (Wildman–Crippen MR) is 53.0 cm³/mol. The molecule has 0 saturated heterocycles. The van der Waals surface area contributed by atoms with E-state index in [9.17, 15) is 4.79 Å². The first-order chi connectivity index (χ1) is 6.70. The maximum Gasteiger partial charge on any atom is 0.287 e. The molecule has 0 spiro atoms. The quantitative estimate of drug-likeness (QED) is 0.705. The molecule has 0 aromatic carbocycles. The summed E-state index contributed by atoms with van der Waals surface area (Å²) in [5, 5.41) is 2.76. The molecule has 0 saturated carbocycles. The van der Waals surface area contributed by atoms with Crippen LogP contribution in [0.15, 0.2) is 16.5 Å². The van der Waals surface area contributed by atoms with Gasteiger partial charge < -0.3 is 14.6 Å². The first-order valence-electron chi connectivity index (χ1n) is 4.59. The molecule has 0 aliphatic heterocycles. The Morgan fingerprint density at radius 3 is 3.00 bits per heavy atom. The lowest BCUT2D eigenvalue weighted by Crippen LogP contribution is -2.26. The van der Waals surface area contributed by atoms with Gasteiger partial charge in [-0.15, -0.1) is 0 Å². The molecule has 0 atom stereocenters. The highest BCUT2D eigenvalue weighted by Gasteiger charge is 2.06. The second-order valence-electron chi connectivity index (χ2n) is 3.33. The fourth-order valence-corrected chi connectivity index (χ4v) is 1.05. The highest BCUT2D eigenvalue weighted by molar-refractivity contribution is 5.91. The standard InChI is InChI=1S/C10H15N2O2/c1-12(2)7-4-6-11-10(13)9-5-3-8-14-9/h3,5H,4,6-7H2,1-2H3,(H,11,13). The third-order valence-corrected chi connectivity index (χ3v) is 1.76. The van der Waals surface area contributed by atoms with E-state index in [1.807, 2.05) is 14.1 Å². The highest BCUT2D eigenvalue weighted by atomic mass is 16.3. The Morgan fingerprint density at radius 2 is 2.43 bits per heavy atom. The molecule has 14 heavy (non-hydrogen) atoms. The Hall–Kier alpha value is -1.29. The minimum Gasteiger partial charge on any atom is -0.448 e. The van der Waals surface area contributed by atoms with Crippen LogP contribution in [0.2, 0.25) is 0 Å². The van der Waals surface area contributed by atoms with Gasteiger partial charge in [-0.2, -0.15) is 0 Å². The maximum absolute atomic E-state index is 11.3. The molecule has 1 aromatic heterocycles. The summed E-state index contributed by atoms with van der Waals surface area (Å²) in [7, 11) is 4.01. The molecule has 0 aliphatic rings. The van der Waals surface area contributed by atoms with Crippen LogP contribution in [0.4, 0.5) is 0 Å². The highest BCUT2D eigenvalue weighted by Crippen LogP contribution is 1.98. The van der Waals surface area contributed by atoms with E-state index in [1.165, 1.54) is 0 Å². The van der Waals surface area contributed by atoms with E-state index in [-0.39, 0.29) is 5.91 Å². The summed E-state index contributed by atoms with van der Waals surface area (Å²) in [5.41, 5.74) is 0. The van der Waals surface area contributed by atoms with Crippen LogP contribution in [-0.4, -0.2) is 38.0 Å². The number of carbonyl (C=O) groups is 1. The normalized spacial score (nSPS) is 10.5. The molecule has 4 nitrogen and oxygen atoms in total. The molecule has 1 heterocycles. The summed E-state index contributed by atoms with van der Waals surface area (Å²) in [4.78, 5) is 13.4. The summed E-state index contributed by atoms with van der Waals surface area (Å²) in [6, 6.07) is 3.18. The zero-order chi connectivity index (χ0) is 10.4. The second-order valence-corrected chi connectivity index (χ2v) is 3.33. The van der Waals surface area contributed by atoms with Gasteiger partial charge in [-0.05, 0) is 39.2 Å². The molecule has 0 unspecified atom stereocenters. The zero-order valence-corrected chi connectivity index (χ0v) is 8.54. The van der Waals surface area contributed by atoms with Crippen molar-refractivity contribution in [2.45, 2.75) is 6.42 Å². The number of hydrogen-bond donors (Lipinski definition) is 1. The van der Waals surface area contributed by atoms with Gasteiger partial charge in [0.05, 0.1) is 0 Å². The van der Waals surface area contributed by atoms with Gasteiger partial charge in [0.25, 0.3) is 5.91 Å². The molecule has 0 fully saturated rings. The smallest absolute Gasteiger partial charge is 0.287 e. The summed E-state index contributed by atoms with van der Waals surface area (Å²) in [6.45, 7) is 1.63. The first kappa shape index (κ1) is 10.8. The van der Waals surface area contributed by atoms with Crippen molar-refractivity contribution in [2.75, 3.05) is 27.2 Å². The summed E-state index contributed by atoms with van der Waals surface area (Å²) in [6.07, 6.45) is 3.41. The van der Waals surface area contributed by atoms with Crippen molar-refractivity contribution >= 4 is 5.91 Å². The second kappa shape index (κ2) is 5.44. The molecule has 1 amide bonds. The lowest BCUT2D eigenvalue weighted by Gasteiger charge is -2.08. The average molecular weight is 195 g/mol. The topological polar surface area (TPSA) is 45.5 Å². The molecule has 77 valence electrons. The minimum atomic E-state index is -0.176. The van der Waals surface area contributed by atoms with E-state index >= 15 is 0 Å². The molecule has 1 rings (SSSR count). The zero-order valence-electron chi connectivity index (χ0n) is 8.54. The predicted octanol–water partition coefficient (Wildman–Crippen LogP) is 0.761. The number of rotatable bonds is 5. The van der Waals surface area contributed by atoms with E-state index < -0.39 is 0 Å². The van der Waals surface area contributed by atoms with Crippen molar-refractivity contribution < 1.29 is 9.21 Å². The molecule has 1 radical (unpaired) electrons. The van der Waals surface area contributed by atoms with Crippen LogP contribution in [0.5, 0.6) is 0 Å². The molecular weight excluding hydrogens is 180 g/mol. The third-order valence-electron chi connectivity index (χ3n) is 1.76. The monoisotopic (exact) mass is 195 g/mol. The van der Waals surface area contributed by atoms with Crippen LogP contribution < -0.4 is 5.32 Å². The van der Waals surface area contributed by atoms with Crippen molar-refractivity contribution in [2.24, 2.45) is 0 Å². The largest absolute Gasteiger partial charge is 0.448 e. The lowest BCUT2D eigenvalue weighted by molar-refractivity contribution is 0.0924. The maximum atomic E-state index is 11.3. The summed E-state index contributed by atoms with van der Waals surface area (Å²) < 4.78 is 4.83. The van der Waals surface area contributed by atoms with Gasteiger partial charge in [-0.3, -0.25) is 4.79 Å². The molecule has 0 bridgehead atoms. The van der Waals surface area contributed by atoms with Crippen molar-refractivity contribution in [3.8, 4) is 0 Å². The van der Waals surface area contributed by atoms with Gasteiger partial charge in [0.1, 0.15) is 0 Å². The van der Waals surface area contributed by atoms with Crippen molar-refractivity contribution in [3.63, 3.8) is 0 Å². The Balaban J connectivity index is 2.16. The molecule has 4 heteroatoms. The summed E-state index contributed by atoms with van der Waals surface area (Å²) in [5.74, 6) is 0.139. The van der Waals surface area contributed by atoms with Gasteiger partial charge >= 0.3 is 0 Å². The van der Waals surface area contributed by atoms with Gasteiger partial charge in [-0.25, -0.2) is 0 Å². The fraction of sp³-hybridized carbons (Fsp3) is 0.500.